The Morgan fingerprint density at radius 1 is 1.33 bits per heavy atom. The topological polar surface area (TPSA) is 61.6 Å². The van der Waals surface area contributed by atoms with E-state index in [0.29, 0.717) is 19.6 Å². The molecule has 0 atom stereocenters. The second-order valence-electron chi connectivity index (χ2n) is 4.07. The largest absolute Gasteiger partial charge is 0.354 e. The van der Waals surface area contributed by atoms with E-state index >= 15 is 0 Å². The van der Waals surface area contributed by atoms with Gasteiger partial charge in [-0.3, -0.25) is 9.69 Å². The average molecular weight is 214 g/mol. The molecule has 0 aromatic rings. The van der Waals surface area contributed by atoms with Crippen LogP contribution in [0.3, 0.4) is 0 Å². The average Bonchev–Trinajstić information content (AvgIpc) is 2.41. The van der Waals surface area contributed by atoms with Crippen LogP contribution in [-0.4, -0.2) is 68.6 Å². The van der Waals surface area contributed by atoms with Gasteiger partial charge < -0.3 is 16.0 Å². The van der Waals surface area contributed by atoms with Gasteiger partial charge in [-0.25, -0.2) is 0 Å². The molecule has 0 aromatic heterocycles. The number of carbonyl (C=O) groups is 1. The highest BCUT2D eigenvalue weighted by Crippen LogP contribution is 1.99. The zero-order valence-electron chi connectivity index (χ0n) is 9.54. The van der Waals surface area contributed by atoms with Crippen molar-refractivity contribution in [1.29, 1.82) is 0 Å². The first-order valence-electron chi connectivity index (χ1n) is 5.60. The van der Waals surface area contributed by atoms with Gasteiger partial charge >= 0.3 is 0 Å². The molecule has 1 aliphatic rings. The summed E-state index contributed by atoms with van der Waals surface area (Å²) in [7, 11) is 2.12. The van der Waals surface area contributed by atoms with Gasteiger partial charge in [-0.15, -0.1) is 0 Å². The van der Waals surface area contributed by atoms with Gasteiger partial charge in [0.25, 0.3) is 0 Å². The van der Waals surface area contributed by atoms with Crippen LogP contribution in [-0.2, 0) is 4.79 Å². The molecule has 1 amide bonds. The second kappa shape index (κ2) is 6.76. The van der Waals surface area contributed by atoms with E-state index in [1.165, 1.54) is 0 Å². The second-order valence-corrected chi connectivity index (χ2v) is 4.07. The molecule has 1 saturated heterocycles. The smallest absolute Gasteiger partial charge is 0.234 e. The molecule has 1 fully saturated rings. The van der Waals surface area contributed by atoms with E-state index in [4.69, 9.17) is 5.73 Å². The number of carbonyl (C=O) groups excluding carboxylic acids is 1. The van der Waals surface area contributed by atoms with Crippen LogP contribution in [0.4, 0.5) is 0 Å². The van der Waals surface area contributed by atoms with Crippen LogP contribution in [0, 0.1) is 0 Å². The summed E-state index contributed by atoms with van der Waals surface area (Å²) >= 11 is 0. The van der Waals surface area contributed by atoms with E-state index in [9.17, 15) is 4.79 Å². The lowest BCUT2D eigenvalue weighted by molar-refractivity contribution is -0.122. The molecule has 0 spiro atoms. The van der Waals surface area contributed by atoms with Crippen molar-refractivity contribution < 1.29 is 4.79 Å². The summed E-state index contributed by atoms with van der Waals surface area (Å²) in [6, 6.07) is 0. The lowest BCUT2D eigenvalue weighted by atomic mass is 10.4. The van der Waals surface area contributed by atoms with E-state index in [2.05, 4.69) is 22.2 Å². The van der Waals surface area contributed by atoms with Crippen LogP contribution in [0.25, 0.3) is 0 Å². The minimum atomic E-state index is 0.0880. The standard InChI is InChI=1S/C10H22N4O/c1-13-5-2-6-14(8-7-13)9-10(15)12-4-3-11/h2-9,11H2,1H3,(H,12,15). The summed E-state index contributed by atoms with van der Waals surface area (Å²) in [5.74, 6) is 0.0880. The SMILES string of the molecule is CN1CCCN(CC(=O)NCCN)CC1. The van der Waals surface area contributed by atoms with Crippen LogP contribution in [0.2, 0.25) is 0 Å². The maximum Gasteiger partial charge on any atom is 0.234 e. The van der Waals surface area contributed by atoms with Gasteiger partial charge in [0, 0.05) is 26.2 Å². The highest BCUT2D eigenvalue weighted by atomic mass is 16.2. The molecule has 1 heterocycles. The Kier molecular flexibility index (Phi) is 5.60. The number of hydrogen-bond donors (Lipinski definition) is 2. The lowest BCUT2D eigenvalue weighted by Gasteiger charge is -2.19. The number of nitrogens with zero attached hydrogens (tertiary/aromatic N) is 2. The summed E-state index contributed by atoms with van der Waals surface area (Å²) in [4.78, 5) is 15.9. The van der Waals surface area contributed by atoms with E-state index in [-0.39, 0.29) is 5.91 Å². The van der Waals surface area contributed by atoms with Crippen molar-refractivity contribution in [3.8, 4) is 0 Å². The van der Waals surface area contributed by atoms with Crippen molar-refractivity contribution in [3.63, 3.8) is 0 Å². The Labute approximate surface area is 91.6 Å². The third-order valence-corrected chi connectivity index (χ3v) is 2.65. The highest BCUT2D eigenvalue weighted by molar-refractivity contribution is 5.77. The van der Waals surface area contributed by atoms with Gasteiger partial charge in [-0.1, -0.05) is 0 Å². The third kappa shape index (κ3) is 5.11. The number of amides is 1. The van der Waals surface area contributed by atoms with Crippen molar-refractivity contribution in [2.24, 2.45) is 5.73 Å². The zero-order chi connectivity index (χ0) is 11.1. The first-order valence-corrected chi connectivity index (χ1v) is 5.60. The lowest BCUT2D eigenvalue weighted by Crippen LogP contribution is -2.40. The Bertz CT molecular complexity index is 198. The Morgan fingerprint density at radius 2 is 2.13 bits per heavy atom. The van der Waals surface area contributed by atoms with Gasteiger partial charge in [0.15, 0.2) is 0 Å². The summed E-state index contributed by atoms with van der Waals surface area (Å²) in [5.41, 5.74) is 5.32. The van der Waals surface area contributed by atoms with Crippen LogP contribution in [0.5, 0.6) is 0 Å². The molecule has 0 aromatic carbocycles. The van der Waals surface area contributed by atoms with Crippen molar-refractivity contribution in [3.05, 3.63) is 0 Å². The summed E-state index contributed by atoms with van der Waals surface area (Å²) < 4.78 is 0. The monoisotopic (exact) mass is 214 g/mol. The van der Waals surface area contributed by atoms with Crippen LogP contribution in [0.15, 0.2) is 0 Å². The molecule has 1 rings (SSSR count). The first-order chi connectivity index (χ1) is 7.22. The number of nitrogens with one attached hydrogen (secondary N) is 1. The maximum absolute atomic E-state index is 11.4. The fraction of sp³-hybridized carbons (Fsp3) is 0.900. The number of likely N-dealkylation sites (N-methyl/N-ethyl adjacent to an activating group) is 1. The zero-order valence-corrected chi connectivity index (χ0v) is 9.54. The molecule has 1 aliphatic heterocycles. The Balaban J connectivity index is 2.22. The quantitative estimate of drug-likeness (QED) is 0.610. The molecular formula is C10H22N4O. The molecule has 88 valence electrons. The molecule has 3 N–H and O–H groups in total. The normalized spacial score (nSPS) is 19.9. The highest BCUT2D eigenvalue weighted by Gasteiger charge is 2.14. The van der Waals surface area contributed by atoms with Crippen LogP contribution in [0.1, 0.15) is 6.42 Å². The minimum Gasteiger partial charge on any atom is -0.354 e. The van der Waals surface area contributed by atoms with Crippen molar-refractivity contribution >= 4 is 5.91 Å². The van der Waals surface area contributed by atoms with Crippen molar-refractivity contribution in [2.75, 3.05) is 52.9 Å². The fourth-order valence-corrected chi connectivity index (χ4v) is 1.73. The molecular weight excluding hydrogens is 192 g/mol. The Morgan fingerprint density at radius 3 is 2.87 bits per heavy atom. The number of hydrogen-bond acceptors (Lipinski definition) is 4. The predicted octanol–water partition coefficient (Wildman–Crippen LogP) is -1.30. The Hall–Kier alpha value is -0.650. The predicted molar refractivity (Wildman–Crippen MR) is 60.6 cm³/mol. The fourth-order valence-electron chi connectivity index (χ4n) is 1.73. The van der Waals surface area contributed by atoms with E-state index in [0.717, 1.165) is 32.6 Å². The number of nitrogens with two attached hydrogens (primary N) is 1. The van der Waals surface area contributed by atoms with E-state index in [1.54, 1.807) is 0 Å². The number of rotatable bonds is 4. The molecule has 5 nitrogen and oxygen atoms in total. The van der Waals surface area contributed by atoms with Crippen molar-refractivity contribution in [2.45, 2.75) is 6.42 Å². The molecule has 0 unspecified atom stereocenters. The van der Waals surface area contributed by atoms with E-state index in [1.807, 2.05) is 0 Å². The summed E-state index contributed by atoms with van der Waals surface area (Å²) in [6.07, 6.45) is 1.14. The maximum atomic E-state index is 11.4. The minimum absolute atomic E-state index is 0.0880. The summed E-state index contributed by atoms with van der Waals surface area (Å²) in [5, 5.41) is 2.79. The van der Waals surface area contributed by atoms with E-state index < -0.39 is 0 Å². The summed E-state index contributed by atoms with van der Waals surface area (Å²) in [6.45, 7) is 5.76. The van der Waals surface area contributed by atoms with Gasteiger partial charge in [-0.05, 0) is 26.6 Å². The molecule has 5 heteroatoms. The van der Waals surface area contributed by atoms with Gasteiger partial charge in [0.05, 0.1) is 6.54 Å². The van der Waals surface area contributed by atoms with Gasteiger partial charge in [0.2, 0.25) is 5.91 Å². The van der Waals surface area contributed by atoms with Crippen LogP contribution < -0.4 is 11.1 Å². The molecule has 0 aliphatic carbocycles. The molecule has 0 radical (unpaired) electrons. The van der Waals surface area contributed by atoms with Gasteiger partial charge in [-0.2, -0.15) is 0 Å². The third-order valence-electron chi connectivity index (χ3n) is 2.65. The molecule has 0 saturated carbocycles. The van der Waals surface area contributed by atoms with Crippen molar-refractivity contribution in [1.82, 2.24) is 15.1 Å². The molecule has 0 bridgehead atoms. The van der Waals surface area contributed by atoms with Crippen LogP contribution >= 0.6 is 0 Å². The first kappa shape index (κ1) is 12.4. The van der Waals surface area contributed by atoms with Gasteiger partial charge in [0.1, 0.15) is 0 Å². The molecule has 15 heavy (non-hydrogen) atoms.